The highest BCUT2D eigenvalue weighted by atomic mass is 16.7. The van der Waals surface area contributed by atoms with E-state index in [1.165, 1.54) is 0 Å². The van der Waals surface area contributed by atoms with Crippen LogP contribution in [0.1, 0.15) is 35.1 Å². The molecule has 1 saturated carbocycles. The quantitative estimate of drug-likeness (QED) is 0.650. The van der Waals surface area contributed by atoms with Gasteiger partial charge in [-0.1, -0.05) is 24.3 Å². The lowest BCUT2D eigenvalue weighted by molar-refractivity contribution is -0.118. The zero-order valence-electron chi connectivity index (χ0n) is 17.6. The Hall–Kier alpha value is -3.38. The van der Waals surface area contributed by atoms with Crippen LogP contribution in [0.4, 0.5) is 5.82 Å². The zero-order chi connectivity index (χ0) is 21.6. The van der Waals surface area contributed by atoms with Crippen LogP contribution in [0, 0.1) is 13.8 Å². The topological polar surface area (TPSA) is 80.7 Å². The van der Waals surface area contributed by atoms with Crippen LogP contribution in [0.3, 0.4) is 0 Å². The molecule has 1 aliphatic heterocycles. The van der Waals surface area contributed by atoms with Crippen LogP contribution in [-0.4, -0.2) is 22.8 Å². The number of aliphatic hydroxyl groups excluding tert-OH is 1. The van der Waals surface area contributed by atoms with Crippen LogP contribution in [0.2, 0.25) is 0 Å². The van der Waals surface area contributed by atoms with Gasteiger partial charge in [0.1, 0.15) is 5.82 Å². The van der Waals surface area contributed by atoms with E-state index in [2.05, 4.69) is 10.3 Å². The molecule has 31 heavy (non-hydrogen) atoms. The summed E-state index contributed by atoms with van der Waals surface area (Å²) in [6.07, 6.45) is 3.37. The molecule has 0 spiro atoms. The van der Waals surface area contributed by atoms with Crippen molar-refractivity contribution in [3.05, 3.63) is 70.9 Å². The van der Waals surface area contributed by atoms with E-state index in [1.54, 1.807) is 6.20 Å². The Morgan fingerprint density at radius 2 is 1.90 bits per heavy atom. The molecule has 2 heterocycles. The minimum Gasteiger partial charge on any atom is -0.454 e. The number of aromatic nitrogens is 1. The van der Waals surface area contributed by atoms with Crippen molar-refractivity contribution < 1.29 is 19.4 Å². The van der Waals surface area contributed by atoms with Crippen LogP contribution in [0.15, 0.2) is 48.7 Å². The number of aliphatic hydroxyl groups is 1. The number of pyridine rings is 1. The minimum atomic E-state index is -0.545. The number of benzene rings is 2. The first-order valence-electron chi connectivity index (χ1n) is 10.4. The van der Waals surface area contributed by atoms with Gasteiger partial charge < -0.3 is 19.9 Å². The highest BCUT2D eigenvalue weighted by molar-refractivity contribution is 6.01. The average molecular weight is 416 g/mol. The van der Waals surface area contributed by atoms with Gasteiger partial charge in [0.25, 0.3) is 0 Å². The van der Waals surface area contributed by atoms with Gasteiger partial charge in [-0.25, -0.2) is 4.98 Å². The first-order valence-corrected chi connectivity index (χ1v) is 10.4. The molecule has 0 atom stereocenters. The van der Waals surface area contributed by atoms with Gasteiger partial charge in [-0.15, -0.1) is 0 Å². The summed E-state index contributed by atoms with van der Waals surface area (Å²) in [5.74, 6) is 1.94. The lowest BCUT2D eigenvalue weighted by Gasteiger charge is -2.18. The van der Waals surface area contributed by atoms with E-state index >= 15 is 0 Å². The van der Waals surface area contributed by atoms with E-state index in [0.29, 0.717) is 17.3 Å². The fourth-order valence-electron chi connectivity index (χ4n) is 4.15. The second-order valence-electron chi connectivity index (χ2n) is 8.23. The molecule has 1 amide bonds. The SMILES string of the molecule is Cc1c(-c2cccc(CO)c2)cnc(NC(=O)C2(c3ccc4c(c3)OCO4)CC2)c1C. The summed E-state index contributed by atoms with van der Waals surface area (Å²) in [4.78, 5) is 17.8. The van der Waals surface area contributed by atoms with E-state index in [4.69, 9.17) is 9.47 Å². The smallest absolute Gasteiger partial charge is 0.236 e. The van der Waals surface area contributed by atoms with Crippen molar-refractivity contribution in [2.24, 2.45) is 0 Å². The van der Waals surface area contributed by atoms with E-state index < -0.39 is 5.41 Å². The molecule has 158 valence electrons. The van der Waals surface area contributed by atoms with Crippen molar-refractivity contribution in [2.75, 3.05) is 12.1 Å². The van der Waals surface area contributed by atoms with Crippen molar-refractivity contribution in [3.63, 3.8) is 0 Å². The van der Waals surface area contributed by atoms with E-state index in [-0.39, 0.29) is 19.3 Å². The van der Waals surface area contributed by atoms with Gasteiger partial charge in [-0.2, -0.15) is 0 Å². The van der Waals surface area contributed by atoms with Gasteiger partial charge in [0.05, 0.1) is 12.0 Å². The normalized spacial score (nSPS) is 15.6. The second-order valence-corrected chi connectivity index (χ2v) is 8.23. The molecule has 0 radical (unpaired) electrons. The number of nitrogens with zero attached hydrogens (tertiary/aromatic N) is 1. The molecular formula is C25H24N2O4. The van der Waals surface area contributed by atoms with Gasteiger partial charge in [0.2, 0.25) is 12.7 Å². The third kappa shape index (κ3) is 3.33. The molecule has 3 aromatic rings. The van der Waals surface area contributed by atoms with Crippen molar-refractivity contribution in [2.45, 2.75) is 38.7 Å². The zero-order valence-corrected chi connectivity index (χ0v) is 17.6. The monoisotopic (exact) mass is 416 g/mol. The molecule has 2 N–H and O–H groups in total. The summed E-state index contributed by atoms with van der Waals surface area (Å²) >= 11 is 0. The van der Waals surface area contributed by atoms with Crippen LogP contribution in [0.25, 0.3) is 11.1 Å². The average Bonchev–Trinajstić information content (AvgIpc) is 3.48. The first kappa shape index (κ1) is 19.6. The molecule has 0 saturated heterocycles. The lowest BCUT2D eigenvalue weighted by atomic mass is 9.94. The third-order valence-corrected chi connectivity index (χ3v) is 6.41. The number of carbonyl (C=O) groups excluding carboxylic acids is 1. The second kappa shape index (κ2) is 7.39. The van der Waals surface area contributed by atoms with Gasteiger partial charge in [0, 0.05) is 11.8 Å². The third-order valence-electron chi connectivity index (χ3n) is 6.41. The number of amides is 1. The molecular weight excluding hydrogens is 392 g/mol. The van der Waals surface area contributed by atoms with E-state index in [1.807, 2.05) is 56.3 Å². The molecule has 6 nitrogen and oxygen atoms in total. The standard InChI is InChI=1S/C25H24N2O4/c1-15-16(2)23(26-12-20(15)18-5-3-4-17(10-18)13-28)27-24(29)25(8-9-25)19-6-7-21-22(11-19)31-14-30-21/h3-7,10-12,28H,8-9,13-14H2,1-2H3,(H,26,27,29). The van der Waals surface area contributed by atoms with Crippen LogP contribution < -0.4 is 14.8 Å². The van der Waals surface area contributed by atoms with Crippen LogP contribution in [0.5, 0.6) is 11.5 Å². The van der Waals surface area contributed by atoms with Crippen LogP contribution in [-0.2, 0) is 16.8 Å². The molecule has 0 unspecified atom stereocenters. The number of anilines is 1. The fraction of sp³-hybridized carbons (Fsp3) is 0.280. The largest absolute Gasteiger partial charge is 0.454 e. The molecule has 6 heteroatoms. The lowest BCUT2D eigenvalue weighted by Crippen LogP contribution is -2.28. The highest BCUT2D eigenvalue weighted by Crippen LogP contribution is 2.51. The molecule has 2 aromatic carbocycles. The summed E-state index contributed by atoms with van der Waals surface area (Å²) in [6, 6.07) is 13.5. The Bertz CT molecular complexity index is 1180. The number of carbonyl (C=O) groups is 1. The van der Waals surface area contributed by atoms with Gasteiger partial charge in [-0.3, -0.25) is 4.79 Å². The molecule has 2 aliphatic rings. The maximum Gasteiger partial charge on any atom is 0.236 e. The van der Waals surface area contributed by atoms with Gasteiger partial charge in [0.15, 0.2) is 11.5 Å². The Labute approximate surface area is 180 Å². The molecule has 0 bridgehead atoms. The summed E-state index contributed by atoms with van der Waals surface area (Å²) in [6.45, 7) is 4.21. The van der Waals surface area contributed by atoms with Gasteiger partial charge in [-0.05, 0) is 72.7 Å². The van der Waals surface area contributed by atoms with Crippen molar-refractivity contribution in [1.82, 2.24) is 4.98 Å². The highest BCUT2D eigenvalue weighted by Gasteiger charge is 2.52. The Morgan fingerprint density at radius 3 is 2.68 bits per heavy atom. The molecule has 5 rings (SSSR count). The summed E-state index contributed by atoms with van der Waals surface area (Å²) in [5, 5.41) is 12.5. The molecule has 1 aromatic heterocycles. The number of ether oxygens (including phenoxy) is 2. The number of rotatable bonds is 5. The number of hydrogen-bond acceptors (Lipinski definition) is 5. The number of nitrogens with one attached hydrogen (secondary N) is 1. The van der Waals surface area contributed by atoms with Crippen molar-refractivity contribution in [1.29, 1.82) is 0 Å². The van der Waals surface area contributed by atoms with Crippen LogP contribution >= 0.6 is 0 Å². The number of hydrogen-bond donors (Lipinski definition) is 2. The fourth-order valence-corrected chi connectivity index (χ4v) is 4.15. The predicted molar refractivity (Wildman–Crippen MR) is 117 cm³/mol. The molecule has 1 fully saturated rings. The first-order chi connectivity index (χ1) is 15.0. The van der Waals surface area contributed by atoms with Gasteiger partial charge >= 0.3 is 0 Å². The summed E-state index contributed by atoms with van der Waals surface area (Å²) < 4.78 is 10.9. The van der Waals surface area contributed by atoms with E-state index in [9.17, 15) is 9.90 Å². The van der Waals surface area contributed by atoms with Crippen molar-refractivity contribution >= 4 is 11.7 Å². The summed E-state index contributed by atoms with van der Waals surface area (Å²) in [7, 11) is 0. The maximum absolute atomic E-state index is 13.2. The summed E-state index contributed by atoms with van der Waals surface area (Å²) in [5.41, 5.74) is 5.22. The Kier molecular flexibility index (Phi) is 4.67. The van der Waals surface area contributed by atoms with Crippen molar-refractivity contribution in [3.8, 4) is 22.6 Å². The predicted octanol–water partition coefficient (Wildman–Crippen LogP) is 4.26. The Balaban J connectivity index is 1.41. The maximum atomic E-state index is 13.2. The number of fused-ring (bicyclic) bond motifs is 1. The Morgan fingerprint density at radius 1 is 1.10 bits per heavy atom. The molecule has 1 aliphatic carbocycles. The minimum absolute atomic E-state index is 0.00458. The van der Waals surface area contributed by atoms with E-state index in [0.717, 1.165) is 46.2 Å².